The number of thioether (sulfide) groups is 1. The monoisotopic (exact) mass is 299 g/mol. The van der Waals surface area contributed by atoms with Gasteiger partial charge in [-0.3, -0.25) is 4.79 Å². The van der Waals surface area contributed by atoms with Gasteiger partial charge in [0, 0.05) is 11.3 Å². The number of carbonyl (C=O) groups is 1. The summed E-state index contributed by atoms with van der Waals surface area (Å²) in [4.78, 5) is 12.6. The van der Waals surface area contributed by atoms with Crippen molar-refractivity contribution >= 4 is 23.5 Å². The lowest BCUT2D eigenvalue weighted by atomic mass is 9.83. The summed E-state index contributed by atoms with van der Waals surface area (Å²) in [6.07, 6.45) is 10.2. The second-order valence-corrected chi connectivity index (χ2v) is 7.33. The fourth-order valence-corrected chi connectivity index (χ4v) is 4.47. The van der Waals surface area contributed by atoms with Gasteiger partial charge in [0.25, 0.3) is 0 Å². The Morgan fingerprint density at radius 2 is 1.80 bits per heavy atom. The molecule has 2 aliphatic carbocycles. The van der Waals surface area contributed by atoms with E-state index in [2.05, 4.69) is 16.7 Å². The van der Waals surface area contributed by atoms with Gasteiger partial charge in [-0.15, -0.1) is 0 Å². The molecule has 114 valence electrons. The molecule has 0 aromatic rings. The predicted octanol–water partition coefficient (Wildman–Crippen LogP) is 2.09. The Morgan fingerprint density at radius 3 is 2.30 bits per heavy atom. The van der Waals surface area contributed by atoms with Crippen LogP contribution in [0.2, 0.25) is 0 Å². The van der Waals surface area contributed by atoms with Crippen LogP contribution < -0.4 is 11.1 Å². The molecule has 0 unspecified atom stereocenters. The number of hydrogen-bond acceptors (Lipinski definition) is 4. The third-order valence-electron chi connectivity index (χ3n) is 5.01. The predicted molar refractivity (Wildman–Crippen MR) is 82.0 cm³/mol. The van der Waals surface area contributed by atoms with E-state index in [4.69, 9.17) is 10.9 Å². The van der Waals surface area contributed by atoms with Crippen molar-refractivity contribution in [1.29, 1.82) is 0 Å². The molecular formula is C14H25N3O2S. The number of nitrogens with two attached hydrogens (primary N) is 1. The maximum absolute atomic E-state index is 12.6. The van der Waals surface area contributed by atoms with E-state index in [1.54, 1.807) is 0 Å². The average molecular weight is 299 g/mol. The van der Waals surface area contributed by atoms with E-state index in [1.807, 2.05) is 11.8 Å². The Bertz CT molecular complexity index is 386. The first-order valence-electron chi connectivity index (χ1n) is 7.40. The molecule has 2 rings (SSSR count). The third kappa shape index (κ3) is 2.75. The summed E-state index contributed by atoms with van der Waals surface area (Å²) in [5.74, 6) is 0.00254. The lowest BCUT2D eigenvalue weighted by Gasteiger charge is -2.31. The van der Waals surface area contributed by atoms with E-state index >= 15 is 0 Å². The number of amidine groups is 1. The summed E-state index contributed by atoms with van der Waals surface area (Å²) in [5.41, 5.74) is 5.01. The van der Waals surface area contributed by atoms with Crippen LogP contribution >= 0.6 is 11.8 Å². The minimum atomic E-state index is -0.785. The Hall–Kier alpha value is -0.910. The van der Waals surface area contributed by atoms with Gasteiger partial charge >= 0.3 is 0 Å². The molecule has 5 nitrogen and oxygen atoms in total. The molecule has 0 saturated heterocycles. The molecule has 0 spiro atoms. The van der Waals surface area contributed by atoms with E-state index in [9.17, 15) is 4.79 Å². The zero-order valence-electron chi connectivity index (χ0n) is 12.2. The minimum Gasteiger partial charge on any atom is -0.409 e. The molecule has 0 heterocycles. The SMILES string of the molecule is CSC1(CNC(=O)C2(C(N)=NO)CCCC2)CCCC1. The van der Waals surface area contributed by atoms with Crippen LogP contribution in [-0.4, -0.2) is 34.5 Å². The number of carbonyl (C=O) groups excluding carboxylic acids is 1. The van der Waals surface area contributed by atoms with Crippen LogP contribution in [0.15, 0.2) is 5.16 Å². The second kappa shape index (κ2) is 6.24. The number of amides is 1. The fraction of sp³-hybridized carbons (Fsp3) is 0.857. The van der Waals surface area contributed by atoms with Crippen molar-refractivity contribution in [3.05, 3.63) is 0 Å². The van der Waals surface area contributed by atoms with Crippen molar-refractivity contribution in [2.75, 3.05) is 12.8 Å². The molecule has 0 bridgehead atoms. The molecule has 0 aromatic carbocycles. The minimum absolute atomic E-state index is 0.0642. The molecule has 4 N–H and O–H groups in total. The van der Waals surface area contributed by atoms with Crippen molar-refractivity contribution in [2.24, 2.45) is 16.3 Å². The van der Waals surface area contributed by atoms with Gasteiger partial charge < -0.3 is 16.3 Å². The van der Waals surface area contributed by atoms with Crippen molar-refractivity contribution in [2.45, 2.75) is 56.1 Å². The van der Waals surface area contributed by atoms with Gasteiger partial charge in [0.1, 0.15) is 5.41 Å². The first-order chi connectivity index (χ1) is 9.58. The van der Waals surface area contributed by atoms with Gasteiger partial charge in [0.2, 0.25) is 5.91 Å². The standard InChI is InChI=1S/C14H25N3O2S/c1-20-13(6-2-3-7-13)10-16-12(18)14(11(15)17-19)8-4-5-9-14/h19H,2-10H2,1H3,(H2,15,17)(H,16,18). The Kier molecular flexibility index (Phi) is 4.83. The summed E-state index contributed by atoms with van der Waals surface area (Å²) >= 11 is 1.85. The maximum Gasteiger partial charge on any atom is 0.234 e. The van der Waals surface area contributed by atoms with Crippen molar-refractivity contribution in [3.8, 4) is 0 Å². The van der Waals surface area contributed by atoms with Gasteiger partial charge in [-0.25, -0.2) is 0 Å². The van der Waals surface area contributed by atoms with E-state index in [0.29, 0.717) is 19.4 Å². The highest BCUT2D eigenvalue weighted by molar-refractivity contribution is 8.00. The van der Waals surface area contributed by atoms with Crippen molar-refractivity contribution < 1.29 is 10.0 Å². The number of nitrogens with one attached hydrogen (secondary N) is 1. The summed E-state index contributed by atoms with van der Waals surface area (Å²) in [6, 6.07) is 0. The Balaban J connectivity index is 2.03. The smallest absolute Gasteiger partial charge is 0.234 e. The van der Waals surface area contributed by atoms with Crippen molar-refractivity contribution in [3.63, 3.8) is 0 Å². The van der Waals surface area contributed by atoms with Gasteiger partial charge in [0.05, 0.1) is 0 Å². The molecule has 0 atom stereocenters. The Morgan fingerprint density at radius 1 is 1.25 bits per heavy atom. The molecule has 20 heavy (non-hydrogen) atoms. The molecule has 0 aromatic heterocycles. The van der Waals surface area contributed by atoms with Crippen LogP contribution in [0.5, 0.6) is 0 Å². The largest absolute Gasteiger partial charge is 0.409 e. The van der Waals surface area contributed by atoms with Gasteiger partial charge in [0.15, 0.2) is 5.84 Å². The first kappa shape index (κ1) is 15.5. The number of nitrogens with zero attached hydrogens (tertiary/aromatic N) is 1. The lowest BCUT2D eigenvalue weighted by molar-refractivity contribution is -0.127. The molecule has 2 saturated carbocycles. The zero-order valence-corrected chi connectivity index (χ0v) is 13.0. The van der Waals surface area contributed by atoms with Crippen LogP contribution in [0.3, 0.4) is 0 Å². The normalized spacial score (nSPS) is 24.8. The van der Waals surface area contributed by atoms with Crippen LogP contribution in [0.4, 0.5) is 0 Å². The first-order valence-corrected chi connectivity index (χ1v) is 8.62. The highest BCUT2D eigenvalue weighted by Crippen LogP contribution is 2.41. The molecule has 0 aliphatic heterocycles. The van der Waals surface area contributed by atoms with Gasteiger partial charge in [-0.05, 0) is 31.9 Å². The molecule has 6 heteroatoms. The second-order valence-electron chi connectivity index (χ2n) is 6.05. The molecular weight excluding hydrogens is 274 g/mol. The molecule has 0 radical (unpaired) electrons. The summed E-state index contributed by atoms with van der Waals surface area (Å²) < 4.78 is 0.181. The van der Waals surface area contributed by atoms with E-state index in [1.165, 1.54) is 12.8 Å². The van der Waals surface area contributed by atoms with Crippen molar-refractivity contribution in [1.82, 2.24) is 5.32 Å². The Labute approximate surface area is 124 Å². The van der Waals surface area contributed by atoms with Crippen LogP contribution in [0, 0.1) is 5.41 Å². The van der Waals surface area contributed by atoms with Gasteiger partial charge in [-0.1, -0.05) is 30.8 Å². The van der Waals surface area contributed by atoms with E-state index < -0.39 is 5.41 Å². The zero-order chi connectivity index (χ0) is 14.6. The quantitative estimate of drug-likeness (QED) is 0.314. The molecule has 2 fully saturated rings. The van der Waals surface area contributed by atoms with E-state index in [0.717, 1.165) is 25.7 Å². The van der Waals surface area contributed by atoms with Crippen LogP contribution in [0.25, 0.3) is 0 Å². The summed E-state index contributed by atoms with van der Waals surface area (Å²) in [7, 11) is 0. The third-order valence-corrected chi connectivity index (χ3v) is 6.43. The number of hydrogen-bond donors (Lipinski definition) is 3. The number of oxime groups is 1. The highest BCUT2D eigenvalue weighted by atomic mass is 32.2. The molecule has 2 aliphatic rings. The van der Waals surface area contributed by atoms with E-state index in [-0.39, 0.29) is 16.5 Å². The highest BCUT2D eigenvalue weighted by Gasteiger charge is 2.46. The van der Waals surface area contributed by atoms with Crippen LogP contribution in [0.1, 0.15) is 51.4 Å². The summed E-state index contributed by atoms with van der Waals surface area (Å²) in [6.45, 7) is 0.688. The fourth-order valence-electron chi connectivity index (χ4n) is 3.56. The maximum atomic E-state index is 12.6. The lowest BCUT2D eigenvalue weighted by Crippen LogP contribution is -2.51. The summed E-state index contributed by atoms with van der Waals surface area (Å²) in [5, 5.41) is 15.2. The molecule has 1 amide bonds. The average Bonchev–Trinajstić information content (AvgIpc) is 3.14. The number of rotatable bonds is 5. The topological polar surface area (TPSA) is 87.7 Å². The van der Waals surface area contributed by atoms with Crippen LogP contribution in [-0.2, 0) is 4.79 Å². The van der Waals surface area contributed by atoms with Gasteiger partial charge in [-0.2, -0.15) is 11.8 Å².